The van der Waals surface area contributed by atoms with E-state index in [2.05, 4.69) is 11.1 Å². The van der Waals surface area contributed by atoms with E-state index in [0.29, 0.717) is 11.4 Å². The van der Waals surface area contributed by atoms with E-state index >= 15 is 0 Å². The number of aromatic nitrogens is 1. The van der Waals surface area contributed by atoms with Crippen molar-refractivity contribution < 1.29 is 9.90 Å². The van der Waals surface area contributed by atoms with Crippen LogP contribution in [0.2, 0.25) is 0 Å². The molecular formula is C13H15N3O2S. The fraction of sp³-hybridized carbons (Fsp3) is 0.462. The number of hydrogen-bond donors (Lipinski definition) is 1. The van der Waals surface area contributed by atoms with Crippen LogP contribution in [0, 0.1) is 18.3 Å². The minimum absolute atomic E-state index is 0.0769. The average Bonchev–Trinajstić information content (AvgIpc) is 2.38. The molecule has 0 radical (unpaired) electrons. The van der Waals surface area contributed by atoms with E-state index in [1.54, 1.807) is 24.0 Å². The van der Waals surface area contributed by atoms with Gasteiger partial charge in [0.2, 0.25) is 0 Å². The third-order valence-corrected chi connectivity index (χ3v) is 4.25. The van der Waals surface area contributed by atoms with Crippen LogP contribution in [0.4, 0.5) is 5.82 Å². The summed E-state index contributed by atoms with van der Waals surface area (Å²) in [5.74, 6) is 1.49. The molecule has 1 saturated heterocycles. The summed E-state index contributed by atoms with van der Waals surface area (Å²) < 4.78 is 0. The number of carboxylic acids is 1. The molecular weight excluding hydrogens is 262 g/mol. The van der Waals surface area contributed by atoms with Gasteiger partial charge in [0.15, 0.2) is 0 Å². The second kappa shape index (κ2) is 5.93. The van der Waals surface area contributed by atoms with Crippen LogP contribution in [0.3, 0.4) is 0 Å². The standard InChI is InChI=1S/C13H15N3O2S/c1-9-2-3-15-13(11(9)7-14)16-4-5-19-8-10(16)6-12(17)18/h2-3,10H,4-6,8H2,1H3,(H,17,18). The van der Waals surface area contributed by atoms with Crippen molar-refractivity contribution in [1.29, 1.82) is 5.26 Å². The van der Waals surface area contributed by atoms with Crippen molar-refractivity contribution in [3.63, 3.8) is 0 Å². The molecule has 100 valence electrons. The van der Waals surface area contributed by atoms with Crippen LogP contribution in [0.5, 0.6) is 0 Å². The zero-order chi connectivity index (χ0) is 13.8. The van der Waals surface area contributed by atoms with Gasteiger partial charge in [-0.3, -0.25) is 4.79 Å². The second-order valence-electron chi connectivity index (χ2n) is 4.46. The van der Waals surface area contributed by atoms with Gasteiger partial charge in [-0.1, -0.05) is 0 Å². The lowest BCUT2D eigenvalue weighted by Gasteiger charge is -2.36. The maximum Gasteiger partial charge on any atom is 0.305 e. The van der Waals surface area contributed by atoms with Crippen LogP contribution in [0.25, 0.3) is 0 Å². The van der Waals surface area contributed by atoms with Gasteiger partial charge in [-0.15, -0.1) is 0 Å². The molecule has 1 unspecified atom stereocenters. The zero-order valence-electron chi connectivity index (χ0n) is 10.7. The van der Waals surface area contributed by atoms with Crippen molar-refractivity contribution >= 4 is 23.5 Å². The second-order valence-corrected chi connectivity index (χ2v) is 5.61. The Morgan fingerprint density at radius 3 is 3.21 bits per heavy atom. The molecule has 0 spiro atoms. The van der Waals surface area contributed by atoms with E-state index in [1.807, 2.05) is 11.8 Å². The highest BCUT2D eigenvalue weighted by atomic mass is 32.2. The number of pyridine rings is 1. The van der Waals surface area contributed by atoms with E-state index in [-0.39, 0.29) is 12.5 Å². The zero-order valence-corrected chi connectivity index (χ0v) is 11.5. The Labute approximate surface area is 116 Å². The third-order valence-electron chi connectivity index (χ3n) is 3.16. The summed E-state index contributed by atoms with van der Waals surface area (Å²) in [4.78, 5) is 17.2. The van der Waals surface area contributed by atoms with Gasteiger partial charge in [0.05, 0.1) is 12.0 Å². The molecule has 0 aromatic carbocycles. The quantitative estimate of drug-likeness (QED) is 0.905. The molecule has 1 aliphatic heterocycles. The lowest BCUT2D eigenvalue weighted by molar-refractivity contribution is -0.137. The summed E-state index contributed by atoms with van der Waals surface area (Å²) in [7, 11) is 0. The molecule has 1 aromatic rings. The Bertz CT molecular complexity index is 527. The normalized spacial score (nSPS) is 18.9. The van der Waals surface area contributed by atoms with E-state index in [9.17, 15) is 10.1 Å². The number of carboxylic acid groups (broad SMARTS) is 1. The number of hydrogen-bond acceptors (Lipinski definition) is 5. The minimum atomic E-state index is -0.816. The number of aliphatic carboxylic acids is 1. The topological polar surface area (TPSA) is 77.2 Å². The average molecular weight is 277 g/mol. The van der Waals surface area contributed by atoms with E-state index in [1.165, 1.54) is 0 Å². The lowest BCUT2D eigenvalue weighted by Crippen LogP contribution is -2.44. The van der Waals surface area contributed by atoms with Crippen molar-refractivity contribution in [2.24, 2.45) is 0 Å². The first-order chi connectivity index (χ1) is 9.13. The number of nitrogens with zero attached hydrogens (tertiary/aromatic N) is 3. The number of carbonyl (C=O) groups is 1. The maximum atomic E-state index is 10.9. The number of anilines is 1. The van der Waals surface area contributed by atoms with Gasteiger partial charge in [0.1, 0.15) is 11.9 Å². The van der Waals surface area contributed by atoms with Crippen molar-refractivity contribution in [1.82, 2.24) is 4.98 Å². The highest BCUT2D eigenvalue weighted by Gasteiger charge is 2.28. The fourth-order valence-corrected chi connectivity index (χ4v) is 3.27. The third kappa shape index (κ3) is 2.99. The van der Waals surface area contributed by atoms with Gasteiger partial charge in [-0.25, -0.2) is 4.98 Å². The van der Waals surface area contributed by atoms with Crippen molar-refractivity contribution in [3.8, 4) is 6.07 Å². The molecule has 2 heterocycles. The van der Waals surface area contributed by atoms with Gasteiger partial charge in [0, 0.05) is 30.3 Å². The molecule has 0 amide bonds. The van der Waals surface area contributed by atoms with Crippen molar-refractivity contribution in [3.05, 3.63) is 23.4 Å². The van der Waals surface area contributed by atoms with Crippen LogP contribution in [-0.4, -0.2) is 40.2 Å². The van der Waals surface area contributed by atoms with Gasteiger partial charge >= 0.3 is 5.97 Å². The van der Waals surface area contributed by atoms with Crippen LogP contribution in [-0.2, 0) is 4.79 Å². The molecule has 0 saturated carbocycles. The van der Waals surface area contributed by atoms with E-state index in [4.69, 9.17) is 5.11 Å². The minimum Gasteiger partial charge on any atom is -0.481 e. The molecule has 2 rings (SSSR count). The Morgan fingerprint density at radius 2 is 2.53 bits per heavy atom. The molecule has 1 aromatic heterocycles. The molecule has 0 aliphatic carbocycles. The SMILES string of the molecule is Cc1ccnc(N2CCSCC2CC(=O)O)c1C#N. The summed E-state index contributed by atoms with van der Waals surface area (Å²) in [6, 6.07) is 3.88. The number of thioether (sulfide) groups is 1. The molecule has 5 nitrogen and oxygen atoms in total. The summed E-state index contributed by atoms with van der Waals surface area (Å²) >= 11 is 1.75. The highest BCUT2D eigenvalue weighted by Crippen LogP contribution is 2.28. The van der Waals surface area contributed by atoms with Crippen LogP contribution in [0.15, 0.2) is 12.3 Å². The molecule has 1 atom stereocenters. The Kier molecular flexibility index (Phi) is 4.27. The Morgan fingerprint density at radius 1 is 1.74 bits per heavy atom. The molecule has 1 aliphatic rings. The summed E-state index contributed by atoms with van der Waals surface area (Å²) in [5, 5.41) is 18.3. The van der Waals surface area contributed by atoms with Crippen LogP contribution in [0.1, 0.15) is 17.5 Å². The monoisotopic (exact) mass is 277 g/mol. The molecule has 1 N–H and O–H groups in total. The van der Waals surface area contributed by atoms with E-state index < -0.39 is 5.97 Å². The lowest BCUT2D eigenvalue weighted by atomic mass is 10.1. The maximum absolute atomic E-state index is 10.9. The first kappa shape index (κ1) is 13.7. The molecule has 0 bridgehead atoms. The smallest absolute Gasteiger partial charge is 0.305 e. The van der Waals surface area contributed by atoms with Crippen molar-refractivity contribution in [2.75, 3.05) is 23.0 Å². The van der Waals surface area contributed by atoms with Gasteiger partial charge in [0.25, 0.3) is 0 Å². The van der Waals surface area contributed by atoms with E-state index in [0.717, 1.165) is 23.6 Å². The van der Waals surface area contributed by atoms with Crippen LogP contribution >= 0.6 is 11.8 Å². The number of aryl methyl sites for hydroxylation is 1. The Hall–Kier alpha value is -1.74. The van der Waals surface area contributed by atoms with Gasteiger partial charge in [-0.05, 0) is 18.6 Å². The first-order valence-electron chi connectivity index (χ1n) is 6.05. The van der Waals surface area contributed by atoms with Gasteiger partial charge < -0.3 is 10.0 Å². The van der Waals surface area contributed by atoms with Crippen molar-refractivity contribution in [2.45, 2.75) is 19.4 Å². The summed E-state index contributed by atoms with van der Waals surface area (Å²) in [6.07, 6.45) is 1.75. The molecule has 1 fully saturated rings. The molecule has 19 heavy (non-hydrogen) atoms. The fourth-order valence-electron chi connectivity index (χ4n) is 2.20. The number of nitriles is 1. The number of rotatable bonds is 3. The summed E-state index contributed by atoms with van der Waals surface area (Å²) in [6.45, 7) is 2.60. The predicted molar refractivity (Wildman–Crippen MR) is 74.4 cm³/mol. The highest BCUT2D eigenvalue weighted by molar-refractivity contribution is 7.99. The predicted octanol–water partition coefficient (Wildman–Crippen LogP) is 1.66. The first-order valence-corrected chi connectivity index (χ1v) is 7.21. The largest absolute Gasteiger partial charge is 0.481 e. The van der Waals surface area contributed by atoms with Gasteiger partial charge in [-0.2, -0.15) is 17.0 Å². The van der Waals surface area contributed by atoms with Crippen LogP contribution < -0.4 is 4.90 Å². The Balaban J connectivity index is 2.35. The molecule has 6 heteroatoms. The summed E-state index contributed by atoms with van der Waals surface area (Å²) in [5.41, 5.74) is 1.42.